The van der Waals surface area contributed by atoms with E-state index >= 15 is 0 Å². The zero-order valence-corrected chi connectivity index (χ0v) is 18.1. The van der Waals surface area contributed by atoms with Crippen molar-refractivity contribution in [3.8, 4) is 5.75 Å². The number of amides is 2. The highest BCUT2D eigenvalue weighted by atomic mass is 16.5. The van der Waals surface area contributed by atoms with Crippen molar-refractivity contribution < 1.29 is 14.3 Å². The van der Waals surface area contributed by atoms with E-state index in [1.165, 1.54) is 0 Å². The number of hydrogen-bond acceptors (Lipinski definition) is 3. The third-order valence-electron chi connectivity index (χ3n) is 4.87. The van der Waals surface area contributed by atoms with Gasteiger partial charge in [0.2, 0.25) is 5.91 Å². The summed E-state index contributed by atoms with van der Waals surface area (Å²) >= 11 is 0. The van der Waals surface area contributed by atoms with Crippen LogP contribution in [0.4, 0.5) is 0 Å². The first-order valence-electron chi connectivity index (χ1n) is 10.2. The number of rotatable bonds is 9. The summed E-state index contributed by atoms with van der Waals surface area (Å²) in [5, 5.41) is 2.85. The zero-order chi connectivity index (χ0) is 21.4. The zero-order valence-electron chi connectivity index (χ0n) is 18.1. The normalized spacial score (nSPS) is 11.6. The van der Waals surface area contributed by atoms with E-state index in [0.29, 0.717) is 25.3 Å². The van der Waals surface area contributed by atoms with E-state index in [0.717, 1.165) is 22.3 Å². The fourth-order valence-corrected chi connectivity index (χ4v) is 3.30. The topological polar surface area (TPSA) is 58.6 Å². The van der Waals surface area contributed by atoms with Crippen LogP contribution in [0.2, 0.25) is 0 Å². The molecule has 29 heavy (non-hydrogen) atoms. The average molecular weight is 397 g/mol. The number of benzene rings is 2. The fraction of sp³-hybridized carbons (Fsp3) is 0.417. The maximum atomic E-state index is 13.1. The Labute approximate surface area is 174 Å². The molecule has 0 aliphatic heterocycles. The standard InChI is InChI=1S/C24H32N2O3/c1-6-21(24(28)25-7-2)26(15-20-10-8-9-17(3)13-20)23(27)16-29-22-14-18(4)11-12-19(22)5/h8-14,21H,6-7,15-16H2,1-5H3,(H,25,28). The van der Waals surface area contributed by atoms with Crippen LogP contribution >= 0.6 is 0 Å². The first-order valence-corrected chi connectivity index (χ1v) is 10.2. The third kappa shape index (κ3) is 6.34. The molecule has 0 bridgehead atoms. The van der Waals surface area contributed by atoms with Crippen LogP contribution in [-0.4, -0.2) is 35.9 Å². The van der Waals surface area contributed by atoms with Crippen LogP contribution < -0.4 is 10.1 Å². The molecule has 0 radical (unpaired) electrons. The van der Waals surface area contributed by atoms with Gasteiger partial charge >= 0.3 is 0 Å². The first-order chi connectivity index (χ1) is 13.8. The molecule has 2 rings (SSSR count). The van der Waals surface area contributed by atoms with Gasteiger partial charge in [0.15, 0.2) is 6.61 Å². The van der Waals surface area contributed by atoms with Crippen LogP contribution in [0.15, 0.2) is 42.5 Å². The average Bonchev–Trinajstić information content (AvgIpc) is 2.68. The Kier molecular flexibility index (Phi) is 8.25. The van der Waals surface area contributed by atoms with Gasteiger partial charge in [0.25, 0.3) is 5.91 Å². The Bertz CT molecular complexity index is 848. The molecule has 0 heterocycles. The van der Waals surface area contributed by atoms with Gasteiger partial charge < -0.3 is 15.0 Å². The lowest BCUT2D eigenvalue weighted by Gasteiger charge is -2.30. The molecule has 2 aromatic carbocycles. The van der Waals surface area contributed by atoms with Crippen molar-refractivity contribution in [3.05, 3.63) is 64.7 Å². The van der Waals surface area contributed by atoms with Gasteiger partial charge in [-0.05, 0) is 56.9 Å². The Morgan fingerprint density at radius 2 is 1.76 bits per heavy atom. The predicted octanol–water partition coefficient (Wildman–Crippen LogP) is 3.93. The van der Waals surface area contributed by atoms with Crippen molar-refractivity contribution in [2.75, 3.05) is 13.2 Å². The first kappa shape index (κ1) is 22.5. The smallest absolute Gasteiger partial charge is 0.261 e. The van der Waals surface area contributed by atoms with Crippen molar-refractivity contribution in [2.24, 2.45) is 0 Å². The van der Waals surface area contributed by atoms with Gasteiger partial charge in [-0.2, -0.15) is 0 Å². The van der Waals surface area contributed by atoms with E-state index in [1.54, 1.807) is 4.90 Å². The Balaban J connectivity index is 2.23. The second-order valence-electron chi connectivity index (χ2n) is 7.39. The monoisotopic (exact) mass is 396 g/mol. The molecule has 156 valence electrons. The van der Waals surface area contributed by atoms with Crippen molar-refractivity contribution >= 4 is 11.8 Å². The highest BCUT2D eigenvalue weighted by molar-refractivity contribution is 5.88. The Morgan fingerprint density at radius 3 is 2.41 bits per heavy atom. The van der Waals surface area contributed by atoms with E-state index in [1.807, 2.05) is 77.1 Å². The maximum Gasteiger partial charge on any atom is 0.261 e. The lowest BCUT2D eigenvalue weighted by Crippen LogP contribution is -2.50. The van der Waals surface area contributed by atoms with Gasteiger partial charge in [0.1, 0.15) is 11.8 Å². The Morgan fingerprint density at radius 1 is 1.03 bits per heavy atom. The van der Waals surface area contributed by atoms with E-state index in [4.69, 9.17) is 4.74 Å². The summed E-state index contributed by atoms with van der Waals surface area (Å²) in [7, 11) is 0. The highest BCUT2D eigenvalue weighted by Gasteiger charge is 2.28. The van der Waals surface area contributed by atoms with Gasteiger partial charge in [-0.3, -0.25) is 9.59 Å². The minimum absolute atomic E-state index is 0.105. The summed E-state index contributed by atoms with van der Waals surface area (Å²) in [5.74, 6) is 0.355. The minimum Gasteiger partial charge on any atom is -0.483 e. The molecule has 0 fully saturated rings. The van der Waals surface area contributed by atoms with Crippen LogP contribution in [0.1, 0.15) is 42.5 Å². The molecule has 2 amide bonds. The van der Waals surface area contributed by atoms with E-state index in [-0.39, 0.29) is 18.4 Å². The van der Waals surface area contributed by atoms with Crippen LogP contribution in [0.25, 0.3) is 0 Å². The summed E-state index contributed by atoms with van der Waals surface area (Å²) in [6.07, 6.45) is 0.535. The number of likely N-dealkylation sites (N-methyl/N-ethyl adjacent to an activating group) is 1. The van der Waals surface area contributed by atoms with Crippen molar-refractivity contribution in [2.45, 2.75) is 53.6 Å². The molecular formula is C24H32N2O3. The predicted molar refractivity (Wildman–Crippen MR) is 116 cm³/mol. The second kappa shape index (κ2) is 10.6. The lowest BCUT2D eigenvalue weighted by molar-refractivity contribution is -0.142. The molecule has 0 aliphatic carbocycles. The van der Waals surface area contributed by atoms with Gasteiger partial charge in [-0.15, -0.1) is 0 Å². The summed E-state index contributed by atoms with van der Waals surface area (Å²) < 4.78 is 5.83. The van der Waals surface area contributed by atoms with Crippen LogP contribution in [0.5, 0.6) is 5.75 Å². The third-order valence-corrected chi connectivity index (χ3v) is 4.87. The summed E-state index contributed by atoms with van der Waals surface area (Å²) in [4.78, 5) is 27.4. The van der Waals surface area contributed by atoms with Crippen LogP contribution in [0.3, 0.4) is 0 Å². The van der Waals surface area contributed by atoms with Gasteiger partial charge in [0, 0.05) is 13.1 Å². The van der Waals surface area contributed by atoms with E-state index in [2.05, 4.69) is 5.32 Å². The highest BCUT2D eigenvalue weighted by Crippen LogP contribution is 2.20. The molecule has 0 aromatic heterocycles. The molecule has 0 saturated carbocycles. The van der Waals surface area contributed by atoms with Gasteiger partial charge in [-0.25, -0.2) is 0 Å². The molecule has 1 N–H and O–H groups in total. The van der Waals surface area contributed by atoms with E-state index < -0.39 is 6.04 Å². The Hall–Kier alpha value is -2.82. The van der Waals surface area contributed by atoms with Crippen molar-refractivity contribution in [3.63, 3.8) is 0 Å². The number of aryl methyl sites for hydroxylation is 3. The molecular weight excluding hydrogens is 364 g/mol. The van der Waals surface area contributed by atoms with Crippen LogP contribution in [0, 0.1) is 20.8 Å². The number of nitrogens with one attached hydrogen (secondary N) is 1. The van der Waals surface area contributed by atoms with Crippen molar-refractivity contribution in [1.29, 1.82) is 0 Å². The largest absolute Gasteiger partial charge is 0.483 e. The second-order valence-corrected chi connectivity index (χ2v) is 7.39. The van der Waals surface area contributed by atoms with E-state index in [9.17, 15) is 9.59 Å². The lowest BCUT2D eigenvalue weighted by atomic mass is 10.1. The quantitative estimate of drug-likeness (QED) is 0.699. The minimum atomic E-state index is -0.537. The summed E-state index contributed by atoms with van der Waals surface area (Å²) in [5.41, 5.74) is 4.16. The molecule has 5 nitrogen and oxygen atoms in total. The van der Waals surface area contributed by atoms with Gasteiger partial charge in [0.05, 0.1) is 0 Å². The summed E-state index contributed by atoms with van der Waals surface area (Å²) in [6, 6.07) is 13.4. The molecule has 1 atom stereocenters. The van der Waals surface area contributed by atoms with Crippen LogP contribution in [-0.2, 0) is 16.1 Å². The number of nitrogens with zero attached hydrogens (tertiary/aromatic N) is 1. The molecule has 0 aliphatic rings. The number of carbonyl (C=O) groups excluding carboxylic acids is 2. The molecule has 0 saturated heterocycles. The summed E-state index contributed by atoms with van der Waals surface area (Å²) in [6.45, 7) is 10.5. The number of ether oxygens (including phenoxy) is 1. The fourth-order valence-electron chi connectivity index (χ4n) is 3.30. The molecule has 2 aromatic rings. The number of hydrogen-bond donors (Lipinski definition) is 1. The maximum absolute atomic E-state index is 13.1. The number of carbonyl (C=O) groups is 2. The molecule has 5 heteroatoms. The molecule has 0 spiro atoms. The SMILES string of the molecule is CCNC(=O)C(CC)N(Cc1cccc(C)c1)C(=O)COc1cc(C)ccc1C. The van der Waals surface area contributed by atoms with Gasteiger partial charge in [-0.1, -0.05) is 48.9 Å². The van der Waals surface area contributed by atoms with Crippen molar-refractivity contribution in [1.82, 2.24) is 10.2 Å². The molecule has 1 unspecified atom stereocenters.